The van der Waals surface area contributed by atoms with Crippen molar-refractivity contribution >= 4 is 33.3 Å². The summed E-state index contributed by atoms with van der Waals surface area (Å²) >= 11 is 1.34. The van der Waals surface area contributed by atoms with Crippen molar-refractivity contribution in [2.45, 2.75) is 19.6 Å². The third-order valence-electron chi connectivity index (χ3n) is 5.44. The number of piperazine rings is 1. The molecule has 1 amide bonds. The SMILES string of the molecule is CNC(=O)c1ncc(N2CCN(Cc3cnc4c(C)c(C(F)(F)F)c(=O)[nH]c4c3)CC2)s1. The normalized spacial score (nSPS) is 15.3. The number of nitrogens with zero attached hydrogens (tertiary/aromatic N) is 4. The van der Waals surface area contributed by atoms with E-state index in [-0.39, 0.29) is 17.0 Å². The van der Waals surface area contributed by atoms with Crippen molar-refractivity contribution in [1.29, 1.82) is 0 Å². The Hall–Kier alpha value is -2.99. The third kappa shape index (κ3) is 4.32. The van der Waals surface area contributed by atoms with Gasteiger partial charge in [-0.25, -0.2) is 4.98 Å². The second-order valence-corrected chi connectivity index (χ2v) is 8.55. The maximum atomic E-state index is 13.2. The molecule has 3 aromatic rings. The van der Waals surface area contributed by atoms with Crippen molar-refractivity contribution in [2.75, 3.05) is 38.1 Å². The van der Waals surface area contributed by atoms with Crippen LogP contribution in [-0.4, -0.2) is 59.0 Å². The van der Waals surface area contributed by atoms with Gasteiger partial charge in [-0.05, 0) is 24.1 Å². The summed E-state index contributed by atoms with van der Waals surface area (Å²) in [5.74, 6) is -0.209. The average Bonchev–Trinajstić information content (AvgIpc) is 3.23. The van der Waals surface area contributed by atoms with Crippen molar-refractivity contribution < 1.29 is 18.0 Å². The van der Waals surface area contributed by atoms with Gasteiger partial charge in [0.05, 0.1) is 17.2 Å². The molecule has 0 unspecified atom stereocenters. The molecular weight excluding hydrogens is 445 g/mol. The number of pyridine rings is 2. The number of fused-ring (bicyclic) bond motifs is 1. The summed E-state index contributed by atoms with van der Waals surface area (Å²) in [6, 6.07) is 1.68. The number of thiazole rings is 1. The second kappa shape index (κ2) is 8.51. The number of H-pyrrole nitrogens is 1. The van der Waals surface area contributed by atoms with Crippen LogP contribution in [0.15, 0.2) is 23.3 Å². The topological polar surface area (TPSA) is 94.2 Å². The average molecular weight is 466 g/mol. The zero-order valence-electron chi connectivity index (χ0n) is 17.4. The summed E-state index contributed by atoms with van der Waals surface area (Å²) in [5.41, 5.74) is -1.29. The second-order valence-electron chi connectivity index (χ2n) is 7.54. The Morgan fingerprint density at radius 1 is 1.22 bits per heavy atom. The highest BCUT2D eigenvalue weighted by molar-refractivity contribution is 7.17. The summed E-state index contributed by atoms with van der Waals surface area (Å²) in [5, 5.41) is 3.92. The molecule has 1 saturated heterocycles. The third-order valence-corrected chi connectivity index (χ3v) is 6.50. The maximum absolute atomic E-state index is 13.2. The van der Waals surface area contributed by atoms with Gasteiger partial charge in [0.15, 0.2) is 5.01 Å². The number of anilines is 1. The van der Waals surface area contributed by atoms with Crippen LogP contribution in [0.4, 0.5) is 18.2 Å². The van der Waals surface area contributed by atoms with E-state index in [9.17, 15) is 22.8 Å². The molecule has 0 saturated carbocycles. The first-order chi connectivity index (χ1) is 15.2. The van der Waals surface area contributed by atoms with Crippen LogP contribution in [0.5, 0.6) is 0 Å². The van der Waals surface area contributed by atoms with Gasteiger partial charge in [-0.15, -0.1) is 0 Å². The molecule has 170 valence electrons. The van der Waals surface area contributed by atoms with Gasteiger partial charge in [-0.1, -0.05) is 11.3 Å². The number of rotatable bonds is 4. The Bertz CT molecular complexity index is 1210. The molecule has 32 heavy (non-hydrogen) atoms. The van der Waals surface area contributed by atoms with Crippen LogP contribution in [0.2, 0.25) is 0 Å². The first kappa shape index (κ1) is 22.2. The van der Waals surface area contributed by atoms with E-state index < -0.39 is 17.3 Å². The summed E-state index contributed by atoms with van der Waals surface area (Å²) in [7, 11) is 1.57. The number of alkyl halides is 3. The minimum absolute atomic E-state index is 0.141. The van der Waals surface area contributed by atoms with Crippen LogP contribution in [0.25, 0.3) is 11.0 Å². The molecule has 0 radical (unpaired) electrons. The van der Waals surface area contributed by atoms with Gasteiger partial charge >= 0.3 is 6.18 Å². The molecule has 4 rings (SSSR count). The van der Waals surface area contributed by atoms with Crippen molar-refractivity contribution in [1.82, 2.24) is 25.2 Å². The molecule has 0 aromatic carbocycles. The minimum atomic E-state index is -4.73. The van der Waals surface area contributed by atoms with E-state index in [0.29, 0.717) is 17.1 Å². The first-order valence-electron chi connectivity index (χ1n) is 9.91. The molecule has 1 aliphatic rings. The molecule has 0 aliphatic carbocycles. The highest BCUT2D eigenvalue weighted by atomic mass is 32.1. The fourth-order valence-corrected chi connectivity index (χ4v) is 4.73. The number of aromatic amines is 1. The van der Waals surface area contributed by atoms with Crippen molar-refractivity contribution in [3.8, 4) is 0 Å². The number of aromatic nitrogens is 3. The Kier molecular flexibility index (Phi) is 5.91. The zero-order valence-corrected chi connectivity index (χ0v) is 18.2. The Balaban J connectivity index is 1.45. The number of nitrogens with one attached hydrogen (secondary N) is 2. The van der Waals surface area contributed by atoms with E-state index in [2.05, 4.69) is 30.1 Å². The quantitative estimate of drug-likeness (QED) is 0.613. The molecule has 1 aliphatic heterocycles. The van der Waals surface area contributed by atoms with Gasteiger partial charge in [0.25, 0.3) is 11.5 Å². The van der Waals surface area contributed by atoms with Crippen LogP contribution in [-0.2, 0) is 12.7 Å². The van der Waals surface area contributed by atoms with Gasteiger partial charge in [-0.3, -0.25) is 19.5 Å². The van der Waals surface area contributed by atoms with Crippen LogP contribution >= 0.6 is 11.3 Å². The lowest BCUT2D eigenvalue weighted by Crippen LogP contribution is -2.45. The number of hydrogen-bond acceptors (Lipinski definition) is 7. The first-order valence-corrected chi connectivity index (χ1v) is 10.7. The lowest BCUT2D eigenvalue weighted by atomic mass is 10.1. The predicted octanol–water partition coefficient (Wildman–Crippen LogP) is 2.39. The summed E-state index contributed by atoms with van der Waals surface area (Å²) in [6.45, 7) is 4.84. The summed E-state index contributed by atoms with van der Waals surface area (Å²) < 4.78 is 39.5. The number of halogens is 3. The lowest BCUT2D eigenvalue weighted by molar-refractivity contribution is -0.139. The van der Waals surface area contributed by atoms with Crippen LogP contribution < -0.4 is 15.8 Å². The Morgan fingerprint density at radius 2 is 1.94 bits per heavy atom. The van der Waals surface area contributed by atoms with Gasteiger partial charge in [0.2, 0.25) is 0 Å². The standard InChI is InChI=1S/C20H21F3N6O2S/c1-11-15(20(21,22)23)17(30)27-13-7-12(8-25-16(11)13)10-28-3-5-29(6-4-28)14-9-26-19(32-14)18(31)24-2/h7-9H,3-6,10H2,1-2H3,(H,24,31)(H,27,30). The number of carbonyl (C=O) groups excluding carboxylic acids is 1. The van der Waals surface area contributed by atoms with Crippen molar-refractivity contribution in [3.05, 3.63) is 50.5 Å². The van der Waals surface area contributed by atoms with E-state index in [0.717, 1.165) is 36.7 Å². The number of carbonyl (C=O) groups is 1. The smallest absolute Gasteiger partial charge is 0.360 e. The van der Waals surface area contributed by atoms with Gasteiger partial charge in [0, 0.05) is 46.0 Å². The van der Waals surface area contributed by atoms with Crippen LogP contribution in [0.3, 0.4) is 0 Å². The van der Waals surface area contributed by atoms with E-state index in [1.807, 2.05) is 0 Å². The fourth-order valence-electron chi connectivity index (χ4n) is 3.81. The molecule has 1 fully saturated rings. The Labute approximate surface area is 185 Å². The molecule has 0 spiro atoms. The molecule has 0 atom stereocenters. The van der Waals surface area contributed by atoms with Crippen molar-refractivity contribution in [3.63, 3.8) is 0 Å². The van der Waals surface area contributed by atoms with Gasteiger partial charge < -0.3 is 15.2 Å². The largest absolute Gasteiger partial charge is 0.422 e. The molecular formula is C20H21F3N6O2S. The molecule has 12 heteroatoms. The number of amides is 1. The fraction of sp³-hybridized carbons (Fsp3) is 0.400. The summed E-state index contributed by atoms with van der Waals surface area (Å²) in [6.07, 6.45) is -1.48. The van der Waals surface area contributed by atoms with Crippen LogP contribution in [0, 0.1) is 6.92 Å². The minimum Gasteiger partial charge on any atom is -0.360 e. The molecule has 4 heterocycles. The van der Waals surface area contributed by atoms with Gasteiger partial charge in [-0.2, -0.15) is 13.2 Å². The Morgan fingerprint density at radius 3 is 2.59 bits per heavy atom. The lowest BCUT2D eigenvalue weighted by Gasteiger charge is -2.35. The molecule has 3 aromatic heterocycles. The molecule has 8 nitrogen and oxygen atoms in total. The van der Waals surface area contributed by atoms with E-state index >= 15 is 0 Å². The van der Waals surface area contributed by atoms with E-state index in [1.165, 1.54) is 18.3 Å². The highest BCUT2D eigenvalue weighted by Gasteiger charge is 2.36. The van der Waals surface area contributed by atoms with Crippen LogP contribution in [0.1, 0.15) is 26.5 Å². The highest BCUT2D eigenvalue weighted by Crippen LogP contribution is 2.31. The van der Waals surface area contributed by atoms with Crippen molar-refractivity contribution in [2.24, 2.45) is 0 Å². The van der Waals surface area contributed by atoms with E-state index in [1.54, 1.807) is 25.5 Å². The zero-order chi connectivity index (χ0) is 23.0. The maximum Gasteiger partial charge on any atom is 0.422 e. The molecule has 0 bridgehead atoms. The van der Waals surface area contributed by atoms with Gasteiger partial charge in [0.1, 0.15) is 10.6 Å². The molecule has 2 N–H and O–H groups in total. The van der Waals surface area contributed by atoms with E-state index in [4.69, 9.17) is 0 Å². The summed E-state index contributed by atoms with van der Waals surface area (Å²) in [4.78, 5) is 38.7. The monoisotopic (exact) mass is 466 g/mol. The number of hydrogen-bond donors (Lipinski definition) is 2. The number of aryl methyl sites for hydroxylation is 1. The predicted molar refractivity (Wildman–Crippen MR) is 115 cm³/mol.